The lowest BCUT2D eigenvalue weighted by Crippen LogP contribution is -2.35. The average molecular weight is 310 g/mol. The van der Waals surface area contributed by atoms with Crippen LogP contribution >= 0.6 is 0 Å². The van der Waals surface area contributed by atoms with Crippen molar-refractivity contribution in [2.45, 2.75) is 31.7 Å². The fraction of sp³-hybridized carbons (Fsp3) is 0.714. The zero-order valence-electron chi connectivity index (χ0n) is 12.4. The molecule has 116 valence electrons. The molecule has 6 nitrogen and oxygen atoms in total. The summed E-state index contributed by atoms with van der Waals surface area (Å²) in [6.07, 6.45) is 6.10. The van der Waals surface area contributed by atoms with Crippen LogP contribution in [-0.4, -0.2) is 56.1 Å². The number of aromatic nitrogens is 2. The molecule has 1 aromatic heterocycles. The quantitative estimate of drug-likeness (QED) is 0.832. The van der Waals surface area contributed by atoms with Gasteiger partial charge in [0.2, 0.25) is 5.95 Å². The van der Waals surface area contributed by atoms with Crippen molar-refractivity contribution in [3.8, 4) is 0 Å². The van der Waals surface area contributed by atoms with Crippen LogP contribution in [0.1, 0.15) is 25.7 Å². The maximum Gasteiger partial charge on any atom is 0.227 e. The van der Waals surface area contributed by atoms with Crippen molar-refractivity contribution in [2.24, 2.45) is 0 Å². The summed E-state index contributed by atoms with van der Waals surface area (Å²) >= 11 is 0. The summed E-state index contributed by atoms with van der Waals surface area (Å²) in [5, 5.41) is 0. The molecule has 1 atom stereocenters. The number of piperidine rings is 1. The van der Waals surface area contributed by atoms with E-state index in [4.69, 9.17) is 0 Å². The van der Waals surface area contributed by atoms with Crippen LogP contribution in [0, 0.1) is 0 Å². The second-order valence-electron chi connectivity index (χ2n) is 5.93. The molecule has 2 saturated heterocycles. The Balaban J connectivity index is 1.76. The minimum atomic E-state index is -2.87. The van der Waals surface area contributed by atoms with Crippen LogP contribution in [0.2, 0.25) is 0 Å². The van der Waals surface area contributed by atoms with E-state index >= 15 is 0 Å². The van der Waals surface area contributed by atoms with Crippen LogP contribution in [0.5, 0.6) is 0 Å². The van der Waals surface area contributed by atoms with Gasteiger partial charge in [-0.25, -0.2) is 13.4 Å². The Labute approximate surface area is 126 Å². The summed E-state index contributed by atoms with van der Waals surface area (Å²) in [4.78, 5) is 13.2. The summed E-state index contributed by atoms with van der Waals surface area (Å²) in [6.45, 7) is 2.01. The Hall–Kier alpha value is -1.37. The lowest BCUT2D eigenvalue weighted by atomic mass is 10.1. The Kier molecular flexibility index (Phi) is 4.01. The van der Waals surface area contributed by atoms with Gasteiger partial charge in [0.1, 0.15) is 5.82 Å². The topological polar surface area (TPSA) is 66.4 Å². The highest BCUT2D eigenvalue weighted by molar-refractivity contribution is 7.91. The lowest BCUT2D eigenvalue weighted by Gasteiger charge is -2.29. The van der Waals surface area contributed by atoms with E-state index in [1.165, 1.54) is 19.3 Å². The van der Waals surface area contributed by atoms with Gasteiger partial charge in [0.05, 0.1) is 11.5 Å². The highest BCUT2D eigenvalue weighted by Crippen LogP contribution is 2.23. The van der Waals surface area contributed by atoms with E-state index in [1.54, 1.807) is 6.20 Å². The SMILES string of the molecule is CN(c1ccnc(N2CCCCC2)n1)C1CCS(=O)(=O)C1. The van der Waals surface area contributed by atoms with Crippen molar-refractivity contribution in [3.63, 3.8) is 0 Å². The van der Waals surface area contributed by atoms with Gasteiger partial charge in [-0.2, -0.15) is 4.98 Å². The molecule has 0 amide bonds. The third-order valence-corrected chi connectivity index (χ3v) is 6.13. The first-order valence-electron chi connectivity index (χ1n) is 7.56. The second kappa shape index (κ2) is 5.79. The van der Waals surface area contributed by atoms with Gasteiger partial charge in [-0.15, -0.1) is 0 Å². The Morgan fingerprint density at radius 1 is 1.29 bits per heavy atom. The van der Waals surface area contributed by atoms with Crippen LogP contribution in [0.25, 0.3) is 0 Å². The van der Waals surface area contributed by atoms with Crippen molar-refractivity contribution in [2.75, 3.05) is 41.4 Å². The largest absolute Gasteiger partial charge is 0.355 e. The van der Waals surface area contributed by atoms with Crippen molar-refractivity contribution in [1.82, 2.24) is 9.97 Å². The monoisotopic (exact) mass is 310 g/mol. The first kappa shape index (κ1) is 14.6. The van der Waals surface area contributed by atoms with Crippen molar-refractivity contribution < 1.29 is 8.42 Å². The van der Waals surface area contributed by atoms with Gasteiger partial charge in [-0.1, -0.05) is 0 Å². The van der Waals surface area contributed by atoms with Crippen molar-refractivity contribution in [3.05, 3.63) is 12.3 Å². The first-order valence-corrected chi connectivity index (χ1v) is 9.38. The third-order valence-electron chi connectivity index (χ3n) is 4.38. The van der Waals surface area contributed by atoms with Crippen LogP contribution in [0.4, 0.5) is 11.8 Å². The molecule has 1 aromatic rings. The van der Waals surface area contributed by atoms with Gasteiger partial charge in [0, 0.05) is 32.4 Å². The smallest absolute Gasteiger partial charge is 0.227 e. The molecule has 0 bridgehead atoms. The molecule has 0 aliphatic carbocycles. The molecule has 0 radical (unpaired) electrons. The summed E-state index contributed by atoms with van der Waals surface area (Å²) in [5.41, 5.74) is 0. The van der Waals surface area contributed by atoms with Crippen LogP contribution < -0.4 is 9.80 Å². The molecular formula is C14H22N4O2S. The van der Waals surface area contributed by atoms with Crippen molar-refractivity contribution in [1.29, 1.82) is 0 Å². The number of nitrogens with zero attached hydrogens (tertiary/aromatic N) is 4. The van der Waals surface area contributed by atoms with E-state index in [1.807, 2.05) is 18.0 Å². The molecule has 3 rings (SSSR count). The average Bonchev–Trinajstić information content (AvgIpc) is 2.88. The number of hydrogen-bond acceptors (Lipinski definition) is 6. The minimum absolute atomic E-state index is 0.0269. The highest BCUT2D eigenvalue weighted by Gasteiger charge is 2.31. The summed E-state index contributed by atoms with van der Waals surface area (Å²) in [5.74, 6) is 2.09. The van der Waals surface area contributed by atoms with E-state index in [0.29, 0.717) is 6.42 Å². The Morgan fingerprint density at radius 2 is 2.05 bits per heavy atom. The normalized spacial score (nSPS) is 25.0. The summed E-state index contributed by atoms with van der Waals surface area (Å²) < 4.78 is 23.2. The maximum atomic E-state index is 11.6. The van der Waals surface area contributed by atoms with Crippen LogP contribution in [0.3, 0.4) is 0 Å². The lowest BCUT2D eigenvalue weighted by molar-refractivity contribution is 0.567. The Bertz CT molecular complexity index is 599. The molecule has 0 N–H and O–H groups in total. The minimum Gasteiger partial charge on any atom is -0.355 e. The highest BCUT2D eigenvalue weighted by atomic mass is 32.2. The Morgan fingerprint density at radius 3 is 2.71 bits per heavy atom. The number of rotatable bonds is 3. The van der Waals surface area contributed by atoms with E-state index in [2.05, 4.69) is 14.9 Å². The number of anilines is 2. The van der Waals surface area contributed by atoms with E-state index in [-0.39, 0.29) is 17.5 Å². The van der Waals surface area contributed by atoms with E-state index in [9.17, 15) is 8.42 Å². The summed E-state index contributed by atoms with van der Waals surface area (Å²) in [7, 11) is -0.950. The molecule has 0 saturated carbocycles. The predicted octanol–water partition coefficient (Wildman–Crippen LogP) is 1.09. The molecule has 0 spiro atoms. The van der Waals surface area contributed by atoms with Gasteiger partial charge in [0.15, 0.2) is 9.84 Å². The molecule has 2 aliphatic heterocycles. The standard InChI is InChI=1S/C14H22N4O2S/c1-17(12-6-10-21(19,20)11-12)13-5-7-15-14(16-13)18-8-3-2-4-9-18/h5,7,12H,2-4,6,8-11H2,1H3. The number of sulfone groups is 1. The fourth-order valence-corrected chi connectivity index (χ4v) is 4.82. The second-order valence-corrected chi connectivity index (χ2v) is 8.16. The molecule has 2 fully saturated rings. The molecule has 2 aliphatic rings. The van der Waals surface area contributed by atoms with E-state index < -0.39 is 9.84 Å². The van der Waals surface area contributed by atoms with Crippen molar-refractivity contribution >= 4 is 21.6 Å². The van der Waals surface area contributed by atoms with Crippen LogP contribution in [0.15, 0.2) is 12.3 Å². The third kappa shape index (κ3) is 3.28. The number of hydrogen-bond donors (Lipinski definition) is 0. The zero-order chi connectivity index (χ0) is 14.9. The van der Waals surface area contributed by atoms with Gasteiger partial charge in [-0.05, 0) is 31.7 Å². The molecule has 3 heterocycles. The maximum absolute atomic E-state index is 11.6. The molecular weight excluding hydrogens is 288 g/mol. The first-order chi connectivity index (χ1) is 10.1. The predicted molar refractivity (Wildman–Crippen MR) is 83.6 cm³/mol. The van der Waals surface area contributed by atoms with Crippen LogP contribution in [-0.2, 0) is 9.84 Å². The van der Waals surface area contributed by atoms with E-state index in [0.717, 1.165) is 24.9 Å². The van der Waals surface area contributed by atoms with Gasteiger partial charge >= 0.3 is 0 Å². The van der Waals surface area contributed by atoms with Gasteiger partial charge in [-0.3, -0.25) is 0 Å². The molecule has 7 heteroatoms. The molecule has 1 unspecified atom stereocenters. The van der Waals surface area contributed by atoms with Gasteiger partial charge in [0.25, 0.3) is 0 Å². The summed E-state index contributed by atoms with van der Waals surface area (Å²) in [6, 6.07) is 1.89. The zero-order valence-corrected chi connectivity index (χ0v) is 13.2. The fourth-order valence-electron chi connectivity index (χ4n) is 3.05. The van der Waals surface area contributed by atoms with Gasteiger partial charge < -0.3 is 9.80 Å². The molecule has 0 aromatic carbocycles. The molecule has 21 heavy (non-hydrogen) atoms.